The van der Waals surface area contributed by atoms with Gasteiger partial charge < -0.3 is 19.2 Å². The van der Waals surface area contributed by atoms with Crippen molar-refractivity contribution in [2.45, 2.75) is 11.7 Å². The second-order valence-corrected chi connectivity index (χ2v) is 8.03. The summed E-state index contributed by atoms with van der Waals surface area (Å²) < 4.78 is 7.52. The maximum absolute atomic E-state index is 12.5. The summed E-state index contributed by atoms with van der Waals surface area (Å²) in [4.78, 5) is 24.3. The van der Waals surface area contributed by atoms with E-state index in [1.807, 2.05) is 54.3 Å². The van der Waals surface area contributed by atoms with Gasteiger partial charge in [-0.15, -0.1) is 0 Å². The van der Waals surface area contributed by atoms with Crippen molar-refractivity contribution in [3.63, 3.8) is 0 Å². The molecule has 1 aromatic carbocycles. The lowest BCUT2D eigenvalue weighted by Crippen LogP contribution is -2.49. The van der Waals surface area contributed by atoms with Gasteiger partial charge in [0.1, 0.15) is 11.6 Å². The number of amides is 1. The Hall–Kier alpha value is -2.71. The molecule has 1 saturated heterocycles. The predicted octanol–water partition coefficient (Wildman–Crippen LogP) is 3.13. The van der Waals surface area contributed by atoms with Crippen molar-refractivity contribution < 1.29 is 9.53 Å². The Kier molecular flexibility index (Phi) is 6.44. The Morgan fingerprint density at radius 1 is 1.20 bits per heavy atom. The molecule has 0 radical (unpaired) electrons. The summed E-state index contributed by atoms with van der Waals surface area (Å²) in [6.45, 7) is 4.07. The molecule has 1 N–H and O–H groups in total. The molecule has 7 nitrogen and oxygen atoms in total. The summed E-state index contributed by atoms with van der Waals surface area (Å²) >= 11 is 4.67. The van der Waals surface area contributed by atoms with Crippen LogP contribution in [0.25, 0.3) is 0 Å². The fourth-order valence-corrected chi connectivity index (χ4v) is 4.05. The Balaban J connectivity index is 1.25. The first-order chi connectivity index (χ1) is 14.6. The van der Waals surface area contributed by atoms with Gasteiger partial charge in [0.25, 0.3) is 0 Å². The number of nitrogens with zero attached hydrogens (tertiary/aromatic N) is 4. The Labute approximate surface area is 182 Å². The van der Waals surface area contributed by atoms with E-state index in [4.69, 9.17) is 4.74 Å². The third kappa shape index (κ3) is 4.88. The van der Waals surface area contributed by atoms with Gasteiger partial charge in [-0.1, -0.05) is 12.1 Å². The van der Waals surface area contributed by atoms with E-state index in [1.165, 1.54) is 5.69 Å². The largest absolute Gasteiger partial charge is 0.415 e. The molecule has 0 spiro atoms. The standard InChI is InChI=1S/C22H27N5O2S/c1-25-12-10-24-21(25)20(30)17-4-6-19(7-5-17)29-22(28)27-15-13-26(14-16-27)11-8-18-3-2-9-23-18/h2-7,9-10,12,20,23,30H,8,11,13-16H2,1H3. The van der Waals surface area contributed by atoms with Crippen LogP contribution in [0, 0.1) is 0 Å². The van der Waals surface area contributed by atoms with Gasteiger partial charge in [0.15, 0.2) is 0 Å². The van der Waals surface area contributed by atoms with E-state index in [0.29, 0.717) is 18.8 Å². The van der Waals surface area contributed by atoms with E-state index >= 15 is 0 Å². The minimum absolute atomic E-state index is 0.131. The summed E-state index contributed by atoms with van der Waals surface area (Å²) in [7, 11) is 1.95. The van der Waals surface area contributed by atoms with Crippen molar-refractivity contribution in [2.75, 3.05) is 32.7 Å². The van der Waals surface area contributed by atoms with Crippen LogP contribution in [-0.4, -0.2) is 63.2 Å². The number of piperazine rings is 1. The number of carbonyl (C=O) groups is 1. The number of H-pyrrole nitrogens is 1. The second-order valence-electron chi connectivity index (χ2n) is 7.51. The molecule has 158 valence electrons. The fourth-order valence-electron chi connectivity index (χ4n) is 3.63. The number of aromatic amines is 1. The molecule has 3 heterocycles. The molecule has 1 unspecified atom stereocenters. The van der Waals surface area contributed by atoms with E-state index < -0.39 is 0 Å². The lowest BCUT2D eigenvalue weighted by molar-refractivity contribution is 0.111. The number of carbonyl (C=O) groups excluding carboxylic acids is 1. The van der Waals surface area contributed by atoms with Gasteiger partial charge in [-0.3, -0.25) is 4.90 Å². The highest BCUT2D eigenvalue weighted by Gasteiger charge is 2.22. The zero-order valence-corrected chi connectivity index (χ0v) is 18.0. The first-order valence-corrected chi connectivity index (χ1v) is 10.7. The zero-order valence-electron chi connectivity index (χ0n) is 17.1. The molecule has 30 heavy (non-hydrogen) atoms. The SMILES string of the molecule is Cn1ccnc1C(S)c1ccc(OC(=O)N2CCN(CCc3ccc[nH]3)CC2)cc1. The average molecular weight is 426 g/mol. The molecule has 1 aliphatic heterocycles. The number of hydrogen-bond acceptors (Lipinski definition) is 5. The van der Waals surface area contributed by atoms with Crippen LogP contribution < -0.4 is 4.74 Å². The zero-order chi connectivity index (χ0) is 20.9. The number of nitrogens with one attached hydrogen (secondary N) is 1. The molecule has 0 aliphatic carbocycles. The minimum atomic E-state index is -0.293. The number of thiol groups is 1. The highest BCUT2D eigenvalue weighted by molar-refractivity contribution is 7.80. The van der Waals surface area contributed by atoms with E-state index in [2.05, 4.69) is 33.6 Å². The number of aryl methyl sites for hydroxylation is 1. The predicted molar refractivity (Wildman–Crippen MR) is 119 cm³/mol. The number of aromatic nitrogens is 3. The van der Waals surface area contributed by atoms with Crippen LogP contribution in [0.3, 0.4) is 0 Å². The number of imidazole rings is 1. The van der Waals surface area contributed by atoms with Gasteiger partial charge in [-0.05, 0) is 29.8 Å². The van der Waals surface area contributed by atoms with Crippen LogP contribution in [0.1, 0.15) is 22.3 Å². The van der Waals surface area contributed by atoms with E-state index in [9.17, 15) is 4.79 Å². The minimum Gasteiger partial charge on any atom is -0.410 e. The lowest BCUT2D eigenvalue weighted by atomic mass is 10.1. The van der Waals surface area contributed by atoms with Gasteiger partial charge in [0, 0.05) is 70.5 Å². The highest BCUT2D eigenvalue weighted by Crippen LogP contribution is 2.28. The molecule has 4 rings (SSSR count). The molecule has 3 aromatic rings. The van der Waals surface area contributed by atoms with Crippen molar-refractivity contribution in [1.29, 1.82) is 0 Å². The molecule has 8 heteroatoms. The Bertz CT molecular complexity index is 946. The van der Waals surface area contributed by atoms with Crippen LogP contribution in [-0.2, 0) is 13.5 Å². The third-order valence-electron chi connectivity index (χ3n) is 5.49. The molecule has 1 amide bonds. The molecular weight excluding hydrogens is 398 g/mol. The average Bonchev–Trinajstić information content (AvgIpc) is 3.44. The number of ether oxygens (including phenoxy) is 1. The first-order valence-electron chi connectivity index (χ1n) is 10.2. The van der Waals surface area contributed by atoms with Gasteiger partial charge >= 0.3 is 6.09 Å². The maximum Gasteiger partial charge on any atom is 0.415 e. The van der Waals surface area contributed by atoms with Crippen molar-refractivity contribution in [3.8, 4) is 5.75 Å². The fraction of sp³-hybridized carbons (Fsp3) is 0.364. The first kappa shape index (κ1) is 20.6. The summed E-state index contributed by atoms with van der Waals surface area (Å²) in [6, 6.07) is 11.6. The van der Waals surface area contributed by atoms with E-state index in [-0.39, 0.29) is 11.3 Å². The number of hydrogen-bond donors (Lipinski definition) is 2. The van der Waals surface area contributed by atoms with Crippen molar-refractivity contribution in [3.05, 3.63) is 72.1 Å². The summed E-state index contributed by atoms with van der Waals surface area (Å²) in [5.41, 5.74) is 2.25. The third-order valence-corrected chi connectivity index (χ3v) is 6.02. The van der Waals surface area contributed by atoms with Crippen molar-refractivity contribution >= 4 is 18.7 Å². The quantitative estimate of drug-likeness (QED) is 0.596. The summed E-state index contributed by atoms with van der Waals surface area (Å²) in [5, 5.41) is -0.131. The summed E-state index contributed by atoms with van der Waals surface area (Å²) in [5.74, 6) is 1.41. The molecule has 1 aliphatic rings. The summed E-state index contributed by atoms with van der Waals surface area (Å²) in [6.07, 6.45) is 6.31. The maximum atomic E-state index is 12.5. The second kappa shape index (κ2) is 9.40. The van der Waals surface area contributed by atoms with Gasteiger partial charge in [0.05, 0.1) is 5.25 Å². The molecule has 1 atom stereocenters. The van der Waals surface area contributed by atoms with E-state index in [0.717, 1.165) is 37.4 Å². The normalized spacial score (nSPS) is 15.9. The van der Waals surface area contributed by atoms with Crippen LogP contribution in [0.4, 0.5) is 4.79 Å². The van der Waals surface area contributed by atoms with Gasteiger partial charge in [-0.2, -0.15) is 12.6 Å². The topological polar surface area (TPSA) is 66.4 Å². The lowest BCUT2D eigenvalue weighted by Gasteiger charge is -2.33. The van der Waals surface area contributed by atoms with Crippen LogP contribution in [0.2, 0.25) is 0 Å². The molecule has 0 saturated carbocycles. The van der Waals surface area contributed by atoms with Crippen LogP contribution in [0.15, 0.2) is 55.0 Å². The Morgan fingerprint density at radius 3 is 2.60 bits per heavy atom. The molecule has 2 aromatic heterocycles. The molecular formula is C22H27N5O2S. The smallest absolute Gasteiger partial charge is 0.410 e. The van der Waals surface area contributed by atoms with E-state index in [1.54, 1.807) is 11.1 Å². The van der Waals surface area contributed by atoms with Crippen LogP contribution >= 0.6 is 12.6 Å². The van der Waals surface area contributed by atoms with Crippen molar-refractivity contribution in [2.24, 2.45) is 7.05 Å². The number of rotatable bonds is 6. The van der Waals surface area contributed by atoms with Gasteiger partial charge in [-0.25, -0.2) is 9.78 Å². The monoisotopic (exact) mass is 425 g/mol. The van der Waals surface area contributed by atoms with Gasteiger partial charge in [0.2, 0.25) is 0 Å². The number of benzene rings is 1. The molecule has 0 bridgehead atoms. The van der Waals surface area contributed by atoms with Crippen LogP contribution in [0.5, 0.6) is 5.75 Å². The highest BCUT2D eigenvalue weighted by atomic mass is 32.1. The molecule has 1 fully saturated rings. The van der Waals surface area contributed by atoms with Crippen molar-refractivity contribution in [1.82, 2.24) is 24.3 Å². The Morgan fingerprint density at radius 2 is 1.97 bits per heavy atom.